The van der Waals surface area contributed by atoms with Crippen LogP contribution in [0.4, 0.5) is 0 Å². The molecular weight excluding hydrogens is 212 g/mol. The van der Waals surface area contributed by atoms with Crippen LogP contribution in [0, 0.1) is 0 Å². The van der Waals surface area contributed by atoms with Gasteiger partial charge in [0, 0.05) is 31.3 Å². The third-order valence-corrected chi connectivity index (χ3v) is 4.04. The Morgan fingerprint density at radius 3 is 2.82 bits per heavy atom. The molecule has 0 aliphatic carbocycles. The van der Waals surface area contributed by atoms with E-state index in [1.54, 1.807) is 0 Å². The number of likely N-dealkylation sites (tertiary alicyclic amines) is 1. The van der Waals surface area contributed by atoms with Crippen molar-refractivity contribution >= 4 is 0 Å². The second-order valence-electron chi connectivity index (χ2n) is 5.82. The molecule has 3 heteroatoms. The van der Waals surface area contributed by atoms with Crippen LogP contribution in [0.1, 0.15) is 46.0 Å². The fourth-order valence-corrected chi connectivity index (χ4v) is 3.08. The van der Waals surface area contributed by atoms with Crippen LogP contribution in [0.15, 0.2) is 0 Å². The Kier molecular flexibility index (Phi) is 5.26. The summed E-state index contributed by atoms with van der Waals surface area (Å²) in [4.78, 5) is 2.72. The molecule has 0 radical (unpaired) electrons. The van der Waals surface area contributed by atoms with Gasteiger partial charge in [-0.25, -0.2) is 0 Å². The molecule has 2 fully saturated rings. The molecule has 2 rings (SSSR count). The van der Waals surface area contributed by atoms with Gasteiger partial charge in [0.05, 0.1) is 6.61 Å². The molecule has 0 bridgehead atoms. The van der Waals surface area contributed by atoms with E-state index in [4.69, 9.17) is 4.74 Å². The highest BCUT2D eigenvalue weighted by molar-refractivity contribution is 4.85. The molecule has 2 unspecified atom stereocenters. The topological polar surface area (TPSA) is 24.5 Å². The van der Waals surface area contributed by atoms with E-state index in [1.165, 1.54) is 38.6 Å². The molecule has 2 atom stereocenters. The monoisotopic (exact) mass is 240 g/mol. The van der Waals surface area contributed by atoms with Gasteiger partial charge in [-0.15, -0.1) is 0 Å². The maximum absolute atomic E-state index is 5.65. The van der Waals surface area contributed by atoms with E-state index in [1.807, 2.05) is 0 Å². The second-order valence-corrected chi connectivity index (χ2v) is 5.82. The Balaban J connectivity index is 1.86. The number of hydrogen-bond donors (Lipinski definition) is 1. The number of nitrogens with zero attached hydrogens (tertiary/aromatic N) is 1. The molecular formula is C14H28N2O. The van der Waals surface area contributed by atoms with Gasteiger partial charge in [-0.1, -0.05) is 20.3 Å². The maximum atomic E-state index is 5.65. The number of piperidine rings is 1. The van der Waals surface area contributed by atoms with Gasteiger partial charge in [0.25, 0.3) is 0 Å². The maximum Gasteiger partial charge on any atom is 0.0621 e. The zero-order valence-electron chi connectivity index (χ0n) is 11.5. The Hall–Kier alpha value is -0.120. The van der Waals surface area contributed by atoms with E-state index in [9.17, 15) is 0 Å². The van der Waals surface area contributed by atoms with Crippen molar-refractivity contribution in [2.24, 2.45) is 0 Å². The smallest absolute Gasteiger partial charge is 0.0621 e. The molecule has 17 heavy (non-hydrogen) atoms. The minimum Gasteiger partial charge on any atom is -0.380 e. The number of rotatable bonds is 4. The van der Waals surface area contributed by atoms with Crippen LogP contribution >= 0.6 is 0 Å². The van der Waals surface area contributed by atoms with Gasteiger partial charge in [-0.2, -0.15) is 0 Å². The van der Waals surface area contributed by atoms with Gasteiger partial charge in [0.2, 0.25) is 0 Å². The van der Waals surface area contributed by atoms with Gasteiger partial charge in [0.1, 0.15) is 0 Å². The summed E-state index contributed by atoms with van der Waals surface area (Å²) in [5, 5.41) is 3.60. The zero-order valence-corrected chi connectivity index (χ0v) is 11.5. The van der Waals surface area contributed by atoms with Crippen LogP contribution < -0.4 is 5.32 Å². The lowest BCUT2D eigenvalue weighted by atomic mass is 9.97. The quantitative estimate of drug-likeness (QED) is 0.813. The van der Waals surface area contributed by atoms with Crippen LogP contribution in [-0.4, -0.2) is 49.3 Å². The van der Waals surface area contributed by atoms with E-state index in [2.05, 4.69) is 24.1 Å². The van der Waals surface area contributed by atoms with Crippen LogP contribution in [0.3, 0.4) is 0 Å². The minimum absolute atomic E-state index is 0.599. The lowest BCUT2D eigenvalue weighted by Gasteiger charge is -2.43. The van der Waals surface area contributed by atoms with Crippen molar-refractivity contribution in [1.82, 2.24) is 10.2 Å². The summed E-state index contributed by atoms with van der Waals surface area (Å²) >= 11 is 0. The molecule has 2 heterocycles. The summed E-state index contributed by atoms with van der Waals surface area (Å²) in [7, 11) is 0. The van der Waals surface area contributed by atoms with Crippen molar-refractivity contribution in [2.75, 3.05) is 26.3 Å². The summed E-state index contributed by atoms with van der Waals surface area (Å²) in [6, 6.07) is 2.02. The normalized spacial score (nSPS) is 31.9. The first-order valence-electron chi connectivity index (χ1n) is 7.34. The van der Waals surface area contributed by atoms with E-state index in [-0.39, 0.29) is 0 Å². The third kappa shape index (κ3) is 3.94. The van der Waals surface area contributed by atoms with Crippen molar-refractivity contribution in [2.45, 2.75) is 64.1 Å². The molecule has 0 saturated carbocycles. The van der Waals surface area contributed by atoms with Crippen LogP contribution in [-0.2, 0) is 4.74 Å². The molecule has 0 aromatic rings. The fraction of sp³-hybridized carbons (Fsp3) is 1.00. The molecule has 0 amide bonds. The predicted octanol–water partition coefficient (Wildman–Crippen LogP) is 2.02. The molecule has 2 saturated heterocycles. The van der Waals surface area contributed by atoms with Crippen molar-refractivity contribution in [1.29, 1.82) is 0 Å². The van der Waals surface area contributed by atoms with E-state index < -0.39 is 0 Å². The first kappa shape index (κ1) is 13.3. The number of ether oxygens (including phenoxy) is 1. The van der Waals surface area contributed by atoms with Crippen molar-refractivity contribution < 1.29 is 4.74 Å². The van der Waals surface area contributed by atoms with Crippen LogP contribution in [0.2, 0.25) is 0 Å². The zero-order chi connectivity index (χ0) is 12.1. The summed E-state index contributed by atoms with van der Waals surface area (Å²) in [6.45, 7) is 8.82. The highest BCUT2D eigenvalue weighted by Gasteiger charge is 2.29. The first-order valence-corrected chi connectivity index (χ1v) is 7.34. The Bertz CT molecular complexity index is 214. The molecule has 2 aliphatic heterocycles. The summed E-state index contributed by atoms with van der Waals surface area (Å²) in [6.07, 6.45) is 6.70. The summed E-state index contributed by atoms with van der Waals surface area (Å²) < 4.78 is 5.65. The third-order valence-electron chi connectivity index (χ3n) is 4.04. The van der Waals surface area contributed by atoms with Crippen molar-refractivity contribution in [3.05, 3.63) is 0 Å². The van der Waals surface area contributed by atoms with Gasteiger partial charge in [-0.3, -0.25) is 4.90 Å². The molecule has 0 aromatic heterocycles. The average Bonchev–Trinajstić information content (AvgIpc) is 2.38. The summed E-state index contributed by atoms with van der Waals surface area (Å²) in [5.74, 6) is 0. The molecule has 2 aliphatic rings. The fourth-order valence-electron chi connectivity index (χ4n) is 3.08. The SMILES string of the molecule is CC(C)NCC1CCCCN1C1CCCOC1. The average molecular weight is 240 g/mol. The molecule has 0 spiro atoms. The van der Waals surface area contributed by atoms with E-state index in [0.717, 1.165) is 25.8 Å². The number of hydrogen-bond acceptors (Lipinski definition) is 3. The Morgan fingerprint density at radius 1 is 1.24 bits per heavy atom. The van der Waals surface area contributed by atoms with Crippen LogP contribution in [0.5, 0.6) is 0 Å². The lowest BCUT2D eigenvalue weighted by Crippen LogP contribution is -2.53. The second kappa shape index (κ2) is 6.72. The van der Waals surface area contributed by atoms with Gasteiger partial charge in [-0.05, 0) is 32.2 Å². The predicted molar refractivity (Wildman–Crippen MR) is 71.3 cm³/mol. The van der Waals surface area contributed by atoms with Crippen LogP contribution in [0.25, 0.3) is 0 Å². The van der Waals surface area contributed by atoms with E-state index in [0.29, 0.717) is 12.1 Å². The Morgan fingerprint density at radius 2 is 2.12 bits per heavy atom. The first-order chi connectivity index (χ1) is 8.27. The highest BCUT2D eigenvalue weighted by Crippen LogP contribution is 2.23. The van der Waals surface area contributed by atoms with Gasteiger partial charge < -0.3 is 10.1 Å². The van der Waals surface area contributed by atoms with Crippen molar-refractivity contribution in [3.8, 4) is 0 Å². The standard InChI is InChI=1S/C14H28N2O/c1-12(2)15-10-13-6-3-4-8-16(13)14-7-5-9-17-11-14/h12-15H,3-11H2,1-2H3. The molecule has 3 nitrogen and oxygen atoms in total. The lowest BCUT2D eigenvalue weighted by molar-refractivity contribution is -0.0114. The van der Waals surface area contributed by atoms with Gasteiger partial charge in [0.15, 0.2) is 0 Å². The summed E-state index contributed by atoms with van der Waals surface area (Å²) in [5.41, 5.74) is 0. The van der Waals surface area contributed by atoms with Gasteiger partial charge >= 0.3 is 0 Å². The minimum atomic E-state index is 0.599. The Labute approximate surface area is 106 Å². The number of nitrogens with one attached hydrogen (secondary N) is 1. The van der Waals surface area contributed by atoms with E-state index >= 15 is 0 Å². The highest BCUT2D eigenvalue weighted by atomic mass is 16.5. The molecule has 100 valence electrons. The molecule has 1 N–H and O–H groups in total. The largest absolute Gasteiger partial charge is 0.380 e. The van der Waals surface area contributed by atoms with Crippen molar-refractivity contribution in [3.63, 3.8) is 0 Å². The molecule has 0 aromatic carbocycles.